The van der Waals surface area contributed by atoms with Crippen molar-refractivity contribution >= 4 is 26.9 Å². The number of furan rings is 1. The Kier molecular flexibility index (Phi) is 5.84. The Balaban J connectivity index is 1.68. The van der Waals surface area contributed by atoms with Crippen LogP contribution in [0.25, 0.3) is 11.0 Å². The van der Waals surface area contributed by atoms with Gasteiger partial charge < -0.3 is 14.5 Å². The lowest BCUT2D eigenvalue weighted by atomic mass is 10.0. The summed E-state index contributed by atoms with van der Waals surface area (Å²) in [4.78, 5) is 12.6. The molecule has 28 heavy (non-hydrogen) atoms. The third-order valence-corrected chi connectivity index (χ3v) is 6.92. The van der Waals surface area contributed by atoms with Crippen LogP contribution in [0.4, 0.5) is 0 Å². The number of morpholine rings is 1. The van der Waals surface area contributed by atoms with E-state index in [1.807, 2.05) is 46.8 Å². The molecule has 1 aliphatic rings. The van der Waals surface area contributed by atoms with Crippen molar-refractivity contribution in [2.24, 2.45) is 0 Å². The molecule has 1 aromatic heterocycles. The minimum atomic E-state index is -3.47. The van der Waals surface area contributed by atoms with Gasteiger partial charge in [0.2, 0.25) is 10.0 Å². The minimum Gasteiger partial charge on any atom is -0.450 e. The van der Waals surface area contributed by atoms with Crippen molar-refractivity contribution in [2.45, 2.75) is 46.8 Å². The van der Waals surface area contributed by atoms with Crippen LogP contribution in [0, 0.1) is 20.8 Å². The molecule has 0 spiro atoms. The standard InChI is InChI=1S/C20H28N2O5S/c1-12-6-7-13(2)18-17(12)16(5)19(27-18)20(23)21-8-9-28(24,25)22-10-14(3)26-15(4)11-22/h6-7,14-15H,8-11H2,1-5H3,(H,21,23)/t14-,15-/m0/s1. The molecule has 7 nitrogen and oxygen atoms in total. The molecule has 1 fully saturated rings. The molecule has 3 rings (SSSR count). The molecule has 0 aliphatic carbocycles. The number of nitrogens with zero attached hydrogens (tertiary/aromatic N) is 1. The maximum atomic E-state index is 12.6. The van der Waals surface area contributed by atoms with E-state index in [0.29, 0.717) is 18.7 Å². The molecule has 8 heteroatoms. The van der Waals surface area contributed by atoms with Crippen molar-refractivity contribution in [3.05, 3.63) is 34.6 Å². The fourth-order valence-corrected chi connectivity index (χ4v) is 5.24. The van der Waals surface area contributed by atoms with E-state index in [2.05, 4.69) is 5.32 Å². The number of nitrogens with one attached hydrogen (secondary N) is 1. The third kappa shape index (κ3) is 4.09. The number of fused-ring (bicyclic) bond motifs is 1. The lowest BCUT2D eigenvalue weighted by molar-refractivity contribution is -0.0440. The first-order chi connectivity index (χ1) is 13.1. The largest absolute Gasteiger partial charge is 0.450 e. The number of hydrogen-bond donors (Lipinski definition) is 1. The van der Waals surface area contributed by atoms with E-state index in [1.165, 1.54) is 4.31 Å². The van der Waals surface area contributed by atoms with E-state index < -0.39 is 15.9 Å². The van der Waals surface area contributed by atoms with E-state index in [4.69, 9.17) is 9.15 Å². The molecule has 2 aromatic rings. The third-order valence-electron chi connectivity index (χ3n) is 5.11. The first-order valence-corrected chi connectivity index (χ1v) is 11.1. The maximum Gasteiger partial charge on any atom is 0.287 e. The second-order valence-corrected chi connectivity index (χ2v) is 9.69. The Bertz CT molecular complexity index is 986. The summed E-state index contributed by atoms with van der Waals surface area (Å²) in [6.07, 6.45) is -0.282. The molecule has 2 atom stereocenters. The molecule has 1 aliphatic heterocycles. The first kappa shape index (κ1) is 20.8. The number of hydrogen-bond acceptors (Lipinski definition) is 5. The number of aryl methyl sites for hydroxylation is 3. The Morgan fingerprint density at radius 1 is 1.14 bits per heavy atom. The average molecular weight is 409 g/mol. The van der Waals surface area contributed by atoms with Gasteiger partial charge in [-0.25, -0.2) is 8.42 Å². The summed E-state index contributed by atoms with van der Waals surface area (Å²) < 4.78 is 38.0. The first-order valence-electron chi connectivity index (χ1n) is 9.51. The van der Waals surface area contributed by atoms with Gasteiger partial charge in [0, 0.05) is 30.6 Å². The SMILES string of the molecule is Cc1ccc(C)c2c(C)c(C(=O)NCCS(=O)(=O)N3C[C@H](C)O[C@@H](C)C3)oc12. The minimum absolute atomic E-state index is 0.0235. The van der Waals surface area contributed by atoms with E-state index in [0.717, 1.165) is 22.1 Å². The van der Waals surface area contributed by atoms with Crippen LogP contribution < -0.4 is 5.32 Å². The zero-order valence-electron chi connectivity index (χ0n) is 17.0. The van der Waals surface area contributed by atoms with E-state index in [-0.39, 0.29) is 30.3 Å². The smallest absolute Gasteiger partial charge is 0.287 e. The Morgan fingerprint density at radius 3 is 2.36 bits per heavy atom. The summed E-state index contributed by atoms with van der Waals surface area (Å²) in [7, 11) is -3.47. The second-order valence-electron chi connectivity index (χ2n) is 7.61. The van der Waals surface area contributed by atoms with Gasteiger partial charge in [-0.05, 0) is 45.7 Å². The van der Waals surface area contributed by atoms with Gasteiger partial charge in [-0.15, -0.1) is 0 Å². The molecule has 154 valence electrons. The predicted octanol–water partition coefficient (Wildman–Crippen LogP) is 2.53. The van der Waals surface area contributed by atoms with Crippen molar-refractivity contribution in [2.75, 3.05) is 25.4 Å². The monoisotopic (exact) mass is 408 g/mol. The molecule has 0 bridgehead atoms. The van der Waals surface area contributed by atoms with Crippen molar-refractivity contribution in [3.63, 3.8) is 0 Å². The summed E-state index contributed by atoms with van der Waals surface area (Å²) in [6, 6.07) is 3.96. The van der Waals surface area contributed by atoms with Gasteiger partial charge in [-0.3, -0.25) is 4.79 Å². The summed E-state index contributed by atoms with van der Waals surface area (Å²) in [5.74, 6) is -0.319. The summed E-state index contributed by atoms with van der Waals surface area (Å²) in [6.45, 7) is 10.2. The molecule has 0 unspecified atom stereocenters. The summed E-state index contributed by atoms with van der Waals surface area (Å²) >= 11 is 0. The van der Waals surface area contributed by atoms with Gasteiger partial charge in [0.25, 0.3) is 5.91 Å². The second kappa shape index (κ2) is 7.85. The van der Waals surface area contributed by atoms with Gasteiger partial charge in [0.1, 0.15) is 5.58 Å². The number of ether oxygens (including phenoxy) is 1. The molecular formula is C20H28N2O5S. The van der Waals surface area contributed by atoms with Crippen LogP contribution in [0.15, 0.2) is 16.5 Å². The highest BCUT2D eigenvalue weighted by Gasteiger charge is 2.31. The van der Waals surface area contributed by atoms with Crippen molar-refractivity contribution in [3.8, 4) is 0 Å². The number of rotatable bonds is 5. The molecule has 0 radical (unpaired) electrons. The Morgan fingerprint density at radius 2 is 1.75 bits per heavy atom. The molecule has 1 amide bonds. The molecule has 2 heterocycles. The van der Waals surface area contributed by atoms with Gasteiger partial charge in [0.15, 0.2) is 5.76 Å². The highest BCUT2D eigenvalue weighted by molar-refractivity contribution is 7.89. The summed E-state index contributed by atoms with van der Waals surface area (Å²) in [5.41, 5.74) is 3.47. The lowest BCUT2D eigenvalue weighted by Crippen LogP contribution is -2.49. The van der Waals surface area contributed by atoms with Gasteiger partial charge in [-0.1, -0.05) is 12.1 Å². The van der Waals surface area contributed by atoms with Crippen LogP contribution in [0.3, 0.4) is 0 Å². The predicted molar refractivity (Wildman–Crippen MR) is 108 cm³/mol. The van der Waals surface area contributed by atoms with E-state index in [1.54, 1.807) is 0 Å². The van der Waals surface area contributed by atoms with Crippen LogP contribution in [0.1, 0.15) is 41.1 Å². The van der Waals surface area contributed by atoms with Crippen LogP contribution in [-0.2, 0) is 14.8 Å². The van der Waals surface area contributed by atoms with Crippen LogP contribution in [-0.4, -0.2) is 56.2 Å². The number of amides is 1. The zero-order valence-corrected chi connectivity index (χ0v) is 17.9. The molecule has 1 N–H and O–H groups in total. The van der Waals surface area contributed by atoms with Gasteiger partial charge >= 0.3 is 0 Å². The molecule has 1 aromatic carbocycles. The molecule has 0 saturated carbocycles. The number of sulfonamides is 1. The number of carbonyl (C=O) groups is 1. The van der Waals surface area contributed by atoms with Crippen molar-refractivity contribution < 1.29 is 22.4 Å². The summed E-state index contributed by atoms with van der Waals surface area (Å²) in [5, 5.41) is 3.63. The van der Waals surface area contributed by atoms with Gasteiger partial charge in [0.05, 0.1) is 18.0 Å². The van der Waals surface area contributed by atoms with Crippen LogP contribution in [0.5, 0.6) is 0 Å². The molecular weight excluding hydrogens is 380 g/mol. The molecule has 1 saturated heterocycles. The van der Waals surface area contributed by atoms with Crippen LogP contribution >= 0.6 is 0 Å². The van der Waals surface area contributed by atoms with Crippen molar-refractivity contribution in [1.82, 2.24) is 9.62 Å². The lowest BCUT2D eigenvalue weighted by Gasteiger charge is -2.34. The maximum absolute atomic E-state index is 12.6. The van der Waals surface area contributed by atoms with Gasteiger partial charge in [-0.2, -0.15) is 4.31 Å². The van der Waals surface area contributed by atoms with E-state index >= 15 is 0 Å². The Hall–Kier alpha value is -1.90. The quantitative estimate of drug-likeness (QED) is 0.821. The fraction of sp³-hybridized carbons (Fsp3) is 0.550. The topological polar surface area (TPSA) is 88.9 Å². The number of carbonyl (C=O) groups excluding carboxylic acids is 1. The van der Waals surface area contributed by atoms with E-state index in [9.17, 15) is 13.2 Å². The van der Waals surface area contributed by atoms with Crippen molar-refractivity contribution in [1.29, 1.82) is 0 Å². The average Bonchev–Trinajstić information content (AvgIpc) is 2.96. The number of benzene rings is 1. The highest BCUT2D eigenvalue weighted by atomic mass is 32.2. The highest BCUT2D eigenvalue weighted by Crippen LogP contribution is 2.30. The zero-order chi connectivity index (χ0) is 20.6. The Labute approximate surface area is 166 Å². The fourth-order valence-electron chi connectivity index (χ4n) is 3.75. The van der Waals surface area contributed by atoms with Crippen LogP contribution in [0.2, 0.25) is 0 Å². The normalized spacial score (nSPS) is 21.2.